The maximum absolute atomic E-state index is 4.86. The lowest BCUT2D eigenvalue weighted by Crippen LogP contribution is -1.86. The van der Waals surface area contributed by atoms with Crippen LogP contribution in [0.1, 0.15) is 19.3 Å². The monoisotopic (exact) mass is 125 g/mol. The summed E-state index contributed by atoms with van der Waals surface area (Å²) in [4.78, 5) is 0. The Morgan fingerprint density at radius 3 is 2.78 bits per heavy atom. The zero-order valence-electron chi connectivity index (χ0n) is 5.94. The van der Waals surface area contributed by atoms with Gasteiger partial charge >= 0.3 is 0 Å². The van der Waals surface area contributed by atoms with Crippen molar-refractivity contribution >= 4 is 0 Å². The number of hydrogen-bond donors (Lipinski definition) is 0. The van der Waals surface area contributed by atoms with Crippen LogP contribution in [0.25, 0.3) is 0 Å². The van der Waals surface area contributed by atoms with E-state index >= 15 is 0 Å². The van der Waals surface area contributed by atoms with Gasteiger partial charge in [-0.2, -0.15) is 0 Å². The Labute approximate surface area is 57.4 Å². The first-order valence-electron chi connectivity index (χ1n) is 3.15. The number of ether oxygens (including phenoxy) is 1. The fraction of sp³-hybridized carbons (Fsp3) is 0.625. The first-order valence-corrected chi connectivity index (χ1v) is 3.15. The Hall–Kier alpha value is -0.480. The maximum atomic E-state index is 4.86. The lowest BCUT2D eigenvalue weighted by Gasteiger charge is -1.92. The van der Waals surface area contributed by atoms with E-state index in [1.54, 1.807) is 7.11 Å². The Bertz CT molecular complexity index is 96.9. The standard InChI is InChI=1S/C8H13O/c1-3-4-5-6-7-8-9-2/h1,5-8H2,2H3. The SMILES string of the molecule is [CH2]C#CCCCCOC. The number of methoxy groups -OCH3 is 1. The zero-order valence-corrected chi connectivity index (χ0v) is 5.94. The predicted octanol–water partition coefficient (Wildman–Crippen LogP) is 1.64. The van der Waals surface area contributed by atoms with E-state index in [0.717, 1.165) is 25.9 Å². The molecule has 0 saturated carbocycles. The van der Waals surface area contributed by atoms with Gasteiger partial charge in [-0.3, -0.25) is 0 Å². The van der Waals surface area contributed by atoms with Gasteiger partial charge in [0, 0.05) is 27.1 Å². The van der Waals surface area contributed by atoms with Crippen molar-refractivity contribution in [3.05, 3.63) is 6.92 Å². The van der Waals surface area contributed by atoms with Crippen LogP contribution >= 0.6 is 0 Å². The fourth-order valence-electron chi connectivity index (χ4n) is 0.548. The third kappa shape index (κ3) is 7.52. The molecular formula is C8H13O. The van der Waals surface area contributed by atoms with Gasteiger partial charge in [-0.05, 0) is 12.8 Å². The molecule has 0 aromatic rings. The molecule has 1 radical (unpaired) electrons. The van der Waals surface area contributed by atoms with Crippen molar-refractivity contribution in [2.24, 2.45) is 0 Å². The molecule has 0 rings (SSSR count). The fourth-order valence-corrected chi connectivity index (χ4v) is 0.548. The van der Waals surface area contributed by atoms with E-state index in [9.17, 15) is 0 Å². The van der Waals surface area contributed by atoms with Crippen LogP contribution in [0, 0.1) is 18.8 Å². The second kappa shape index (κ2) is 7.52. The molecule has 51 valence electrons. The summed E-state index contributed by atoms with van der Waals surface area (Å²) in [5, 5.41) is 0. The number of unbranched alkanes of at least 4 members (excludes halogenated alkanes) is 2. The highest BCUT2D eigenvalue weighted by atomic mass is 16.5. The minimum absolute atomic E-state index is 0.846. The van der Waals surface area contributed by atoms with Crippen LogP contribution in [0.2, 0.25) is 0 Å². The highest BCUT2D eigenvalue weighted by molar-refractivity contribution is 5.00. The molecule has 0 aliphatic carbocycles. The summed E-state index contributed by atoms with van der Waals surface area (Å²) >= 11 is 0. The molecule has 1 nitrogen and oxygen atoms in total. The van der Waals surface area contributed by atoms with Gasteiger partial charge in [-0.1, -0.05) is 0 Å². The van der Waals surface area contributed by atoms with Crippen molar-refractivity contribution in [1.29, 1.82) is 0 Å². The van der Waals surface area contributed by atoms with Crippen molar-refractivity contribution in [2.45, 2.75) is 19.3 Å². The average molecular weight is 125 g/mol. The van der Waals surface area contributed by atoms with E-state index < -0.39 is 0 Å². The van der Waals surface area contributed by atoms with Crippen LogP contribution in [-0.4, -0.2) is 13.7 Å². The molecule has 0 atom stereocenters. The summed E-state index contributed by atoms with van der Waals surface area (Å²) in [7, 11) is 1.72. The van der Waals surface area contributed by atoms with E-state index in [1.807, 2.05) is 0 Å². The summed E-state index contributed by atoms with van der Waals surface area (Å²) in [6.07, 6.45) is 3.18. The molecular weight excluding hydrogens is 112 g/mol. The minimum Gasteiger partial charge on any atom is -0.385 e. The zero-order chi connectivity index (χ0) is 6.95. The normalized spacial score (nSPS) is 8.22. The van der Waals surface area contributed by atoms with E-state index in [0.29, 0.717) is 0 Å². The van der Waals surface area contributed by atoms with Gasteiger partial charge in [-0.15, -0.1) is 11.8 Å². The lowest BCUT2D eigenvalue weighted by molar-refractivity contribution is 0.193. The quantitative estimate of drug-likeness (QED) is 0.410. The molecule has 0 amide bonds. The molecule has 0 spiro atoms. The topological polar surface area (TPSA) is 9.23 Å². The summed E-state index contributed by atoms with van der Waals surface area (Å²) in [6, 6.07) is 0. The van der Waals surface area contributed by atoms with E-state index in [2.05, 4.69) is 18.8 Å². The second-order valence-corrected chi connectivity index (χ2v) is 1.80. The first kappa shape index (κ1) is 8.52. The van der Waals surface area contributed by atoms with Gasteiger partial charge < -0.3 is 4.74 Å². The summed E-state index contributed by atoms with van der Waals surface area (Å²) < 4.78 is 4.86. The van der Waals surface area contributed by atoms with Crippen LogP contribution in [0.4, 0.5) is 0 Å². The third-order valence-corrected chi connectivity index (χ3v) is 1.03. The summed E-state index contributed by atoms with van der Waals surface area (Å²) in [5.74, 6) is 5.49. The molecule has 0 aromatic carbocycles. The first-order chi connectivity index (χ1) is 4.41. The van der Waals surface area contributed by atoms with Gasteiger partial charge in [0.2, 0.25) is 0 Å². The van der Waals surface area contributed by atoms with Crippen molar-refractivity contribution in [3.8, 4) is 11.8 Å². The highest BCUT2D eigenvalue weighted by Crippen LogP contribution is 1.92. The molecule has 0 fully saturated rings. The predicted molar refractivity (Wildman–Crippen MR) is 38.9 cm³/mol. The van der Waals surface area contributed by atoms with Crippen LogP contribution in [0.15, 0.2) is 0 Å². The lowest BCUT2D eigenvalue weighted by atomic mass is 10.2. The van der Waals surface area contributed by atoms with Gasteiger partial charge in [-0.25, -0.2) is 0 Å². The van der Waals surface area contributed by atoms with Crippen molar-refractivity contribution in [3.63, 3.8) is 0 Å². The van der Waals surface area contributed by atoms with Gasteiger partial charge in [0.25, 0.3) is 0 Å². The molecule has 0 aliphatic rings. The largest absolute Gasteiger partial charge is 0.385 e. The minimum atomic E-state index is 0.846. The molecule has 0 aliphatic heterocycles. The molecule has 0 saturated heterocycles. The summed E-state index contributed by atoms with van der Waals surface area (Å²) in [6.45, 7) is 4.26. The molecule has 9 heavy (non-hydrogen) atoms. The Morgan fingerprint density at radius 2 is 2.22 bits per heavy atom. The Balaban J connectivity index is 2.80. The van der Waals surface area contributed by atoms with Crippen LogP contribution in [-0.2, 0) is 4.74 Å². The smallest absolute Gasteiger partial charge is 0.0462 e. The van der Waals surface area contributed by atoms with Crippen molar-refractivity contribution in [1.82, 2.24) is 0 Å². The molecule has 0 unspecified atom stereocenters. The van der Waals surface area contributed by atoms with Crippen molar-refractivity contribution < 1.29 is 4.74 Å². The van der Waals surface area contributed by atoms with E-state index in [1.165, 1.54) is 0 Å². The molecule has 0 N–H and O–H groups in total. The van der Waals surface area contributed by atoms with Gasteiger partial charge in [0.15, 0.2) is 0 Å². The molecule has 0 aromatic heterocycles. The molecule has 1 heteroatoms. The summed E-state index contributed by atoms with van der Waals surface area (Å²) in [5.41, 5.74) is 0. The van der Waals surface area contributed by atoms with Crippen LogP contribution < -0.4 is 0 Å². The molecule has 0 heterocycles. The third-order valence-electron chi connectivity index (χ3n) is 1.03. The van der Waals surface area contributed by atoms with E-state index in [-0.39, 0.29) is 0 Å². The second-order valence-electron chi connectivity index (χ2n) is 1.80. The highest BCUT2D eigenvalue weighted by Gasteiger charge is 1.82. The number of hydrogen-bond acceptors (Lipinski definition) is 1. The van der Waals surface area contributed by atoms with Gasteiger partial charge in [0.1, 0.15) is 0 Å². The van der Waals surface area contributed by atoms with Gasteiger partial charge in [0.05, 0.1) is 0 Å². The van der Waals surface area contributed by atoms with Crippen molar-refractivity contribution in [2.75, 3.05) is 13.7 Å². The average Bonchev–Trinajstić information content (AvgIpc) is 1.89. The number of rotatable bonds is 4. The van der Waals surface area contributed by atoms with Crippen LogP contribution in [0.3, 0.4) is 0 Å². The Kier molecular flexibility index (Phi) is 7.12. The van der Waals surface area contributed by atoms with E-state index in [4.69, 9.17) is 4.74 Å². The Morgan fingerprint density at radius 1 is 1.44 bits per heavy atom. The van der Waals surface area contributed by atoms with Crippen LogP contribution in [0.5, 0.6) is 0 Å². The molecule has 0 bridgehead atoms. The maximum Gasteiger partial charge on any atom is 0.0462 e.